The van der Waals surface area contributed by atoms with E-state index in [1.165, 1.54) is 116 Å². The molecule has 0 N–H and O–H groups in total. The summed E-state index contributed by atoms with van der Waals surface area (Å²) in [7, 11) is 1.13. The van der Waals surface area contributed by atoms with E-state index >= 15 is 0 Å². The van der Waals surface area contributed by atoms with Crippen LogP contribution in [0.3, 0.4) is 0 Å². The topological polar surface area (TPSA) is 111 Å². The minimum absolute atomic E-state index is 0.0431. The summed E-state index contributed by atoms with van der Waals surface area (Å²) < 4.78 is 34.2. The van der Waals surface area contributed by atoms with Gasteiger partial charge in [0, 0.05) is 12.8 Å². The van der Waals surface area contributed by atoms with Crippen LogP contribution >= 0.6 is 7.82 Å². The minimum Gasteiger partial charge on any atom is -0.756 e. The SMILES string of the molecule is CC/C=C\C/C=C\C/C=C\C/C=C\C/C=C\C/C=C\C/C=C\C/C=C\C/C=C\C/C=C\C/C=C\CCCCCC(=O)OC(COC(=O)CCCCCCCCCCCCCCCCCCCCCCC)COP(=O)([O-])OCC[N+](C)(C)C. The van der Waals surface area contributed by atoms with Crippen molar-refractivity contribution in [3.63, 3.8) is 0 Å². The first-order chi connectivity index (χ1) is 40.0. The summed E-state index contributed by atoms with van der Waals surface area (Å²) in [5.41, 5.74) is 0. The van der Waals surface area contributed by atoms with Crippen LogP contribution < -0.4 is 4.89 Å². The summed E-state index contributed by atoms with van der Waals surface area (Å²) in [6, 6.07) is 0. The molecule has 0 rings (SSSR count). The second kappa shape index (κ2) is 61.7. The molecule has 82 heavy (non-hydrogen) atoms. The molecule has 0 aliphatic rings. The van der Waals surface area contributed by atoms with Gasteiger partial charge in [0.15, 0.2) is 6.10 Å². The van der Waals surface area contributed by atoms with Crippen molar-refractivity contribution >= 4 is 19.8 Å². The van der Waals surface area contributed by atoms with Crippen LogP contribution in [0, 0.1) is 0 Å². The fourth-order valence-electron chi connectivity index (χ4n) is 8.66. The lowest BCUT2D eigenvalue weighted by molar-refractivity contribution is -0.870. The molecule has 0 aromatic heterocycles. The predicted molar refractivity (Wildman–Crippen MR) is 351 cm³/mol. The van der Waals surface area contributed by atoms with E-state index in [9.17, 15) is 19.0 Å². The lowest BCUT2D eigenvalue weighted by atomic mass is 10.0. The molecule has 0 aromatic carbocycles. The molecule has 0 spiro atoms. The lowest BCUT2D eigenvalue weighted by Gasteiger charge is -2.28. The first-order valence-corrected chi connectivity index (χ1v) is 34.4. The van der Waals surface area contributed by atoms with Crippen molar-refractivity contribution in [3.8, 4) is 0 Å². The zero-order valence-corrected chi connectivity index (χ0v) is 54.0. The van der Waals surface area contributed by atoms with Crippen LogP contribution in [0.5, 0.6) is 0 Å². The van der Waals surface area contributed by atoms with Crippen LogP contribution in [0.2, 0.25) is 0 Å². The van der Waals surface area contributed by atoms with E-state index in [4.69, 9.17) is 18.5 Å². The van der Waals surface area contributed by atoms with Crippen LogP contribution in [-0.4, -0.2) is 70.0 Å². The van der Waals surface area contributed by atoms with Gasteiger partial charge in [0.25, 0.3) is 7.82 Å². The summed E-state index contributed by atoms with van der Waals surface area (Å²) in [4.78, 5) is 38.0. The van der Waals surface area contributed by atoms with Crippen molar-refractivity contribution in [1.82, 2.24) is 0 Å². The smallest absolute Gasteiger partial charge is 0.306 e. The average Bonchev–Trinajstić information content (AvgIpc) is 3.46. The predicted octanol–water partition coefficient (Wildman–Crippen LogP) is 20.6. The molecule has 0 saturated carbocycles. The van der Waals surface area contributed by atoms with Gasteiger partial charge in [0.1, 0.15) is 19.8 Å². The molecule has 0 bridgehead atoms. The van der Waals surface area contributed by atoms with Crippen molar-refractivity contribution in [3.05, 3.63) is 134 Å². The number of carbonyl (C=O) groups excluding carboxylic acids is 2. The molecule has 9 nitrogen and oxygen atoms in total. The number of likely N-dealkylation sites (N-methyl/N-ethyl adjacent to an activating group) is 1. The molecule has 0 aromatic rings. The number of rotatable bonds is 59. The van der Waals surface area contributed by atoms with Crippen molar-refractivity contribution < 1.29 is 42.1 Å². The Morgan fingerprint density at radius 2 is 0.695 bits per heavy atom. The molecular weight excluding hydrogens is 1040 g/mol. The molecule has 0 aliphatic heterocycles. The van der Waals surface area contributed by atoms with Crippen molar-refractivity contribution in [2.45, 2.75) is 264 Å². The quantitative estimate of drug-likeness (QED) is 0.0195. The van der Waals surface area contributed by atoms with E-state index in [1.807, 2.05) is 21.1 Å². The van der Waals surface area contributed by atoms with Gasteiger partial charge in [-0.1, -0.05) is 282 Å². The molecular formula is C72H122NO8P. The Labute approximate surface area is 504 Å². The van der Waals surface area contributed by atoms with Crippen LogP contribution in [0.25, 0.3) is 0 Å². The Kier molecular flexibility index (Phi) is 58.8. The highest BCUT2D eigenvalue weighted by molar-refractivity contribution is 7.45. The zero-order chi connectivity index (χ0) is 59.8. The Balaban J connectivity index is 4.21. The maximum absolute atomic E-state index is 12.8. The number of hydrogen-bond donors (Lipinski definition) is 0. The first kappa shape index (κ1) is 78.1. The van der Waals surface area contributed by atoms with E-state index in [1.54, 1.807) is 0 Å². The zero-order valence-electron chi connectivity index (χ0n) is 53.1. The maximum Gasteiger partial charge on any atom is 0.306 e. The molecule has 10 heteroatoms. The Morgan fingerprint density at radius 3 is 1.04 bits per heavy atom. The van der Waals surface area contributed by atoms with Crippen LogP contribution in [-0.2, 0) is 32.7 Å². The van der Waals surface area contributed by atoms with E-state index in [0.717, 1.165) is 109 Å². The molecule has 0 aliphatic carbocycles. The standard InChI is InChI=1S/C72H122NO8P/c1-6-8-10-12-14-16-18-20-22-24-26-28-29-30-31-32-33-34-35-36-37-38-39-40-41-42-43-45-47-49-51-53-55-57-59-61-63-65-72(75)81-70(69-80-82(76,77)79-67-66-73(3,4)5)68-78-71(74)64-62-60-58-56-54-52-50-48-46-44-27-25-23-21-19-17-15-13-11-9-7-2/h8,10,14,16,20,22,26,28,30-31,33-34,36-37,39-40,42-43,47,49,53,55,70H,6-7,9,11-13,15,17-19,21,23-25,27,29,32,35,38,41,44-46,48,50-52,54,56-69H2,1-5H3/b10-8-,16-14-,22-20-,28-26-,31-30-,34-33-,37-36-,40-39-,43-42-,49-47-,55-53-. The van der Waals surface area contributed by atoms with Gasteiger partial charge in [0.05, 0.1) is 27.7 Å². The van der Waals surface area contributed by atoms with Gasteiger partial charge in [-0.3, -0.25) is 14.2 Å². The van der Waals surface area contributed by atoms with Gasteiger partial charge in [-0.15, -0.1) is 0 Å². The number of esters is 2. The average molecular weight is 1160 g/mol. The van der Waals surface area contributed by atoms with E-state index in [0.29, 0.717) is 17.4 Å². The molecule has 468 valence electrons. The van der Waals surface area contributed by atoms with Gasteiger partial charge >= 0.3 is 11.9 Å². The number of phosphoric acid groups is 1. The molecule has 2 unspecified atom stereocenters. The number of carbonyl (C=O) groups is 2. The van der Waals surface area contributed by atoms with Crippen molar-refractivity contribution in [2.75, 3.05) is 47.5 Å². The van der Waals surface area contributed by atoms with Crippen molar-refractivity contribution in [2.24, 2.45) is 0 Å². The molecule has 0 heterocycles. The molecule has 0 radical (unpaired) electrons. The maximum atomic E-state index is 12.8. The number of allylic oxidation sites excluding steroid dienone is 22. The number of quaternary nitrogens is 1. The second-order valence-electron chi connectivity index (χ2n) is 22.8. The van der Waals surface area contributed by atoms with Crippen LogP contribution in [0.1, 0.15) is 258 Å². The van der Waals surface area contributed by atoms with E-state index < -0.39 is 32.5 Å². The van der Waals surface area contributed by atoms with Gasteiger partial charge < -0.3 is 27.9 Å². The monoisotopic (exact) mass is 1160 g/mol. The van der Waals surface area contributed by atoms with E-state index in [-0.39, 0.29) is 26.1 Å². The largest absolute Gasteiger partial charge is 0.756 e. The Morgan fingerprint density at radius 1 is 0.390 bits per heavy atom. The Hall–Kier alpha value is -3.85. The highest BCUT2D eigenvalue weighted by atomic mass is 31.2. The van der Waals surface area contributed by atoms with Crippen molar-refractivity contribution in [1.29, 1.82) is 0 Å². The molecule has 2 atom stereocenters. The fourth-order valence-corrected chi connectivity index (χ4v) is 9.39. The summed E-state index contributed by atoms with van der Waals surface area (Å²) in [6.45, 7) is 4.10. The highest BCUT2D eigenvalue weighted by Gasteiger charge is 2.22. The molecule has 0 amide bonds. The van der Waals surface area contributed by atoms with Gasteiger partial charge in [0.2, 0.25) is 0 Å². The molecule has 0 saturated heterocycles. The Bertz CT molecular complexity index is 1850. The molecule has 0 fully saturated rings. The lowest BCUT2D eigenvalue weighted by Crippen LogP contribution is -2.37. The third kappa shape index (κ3) is 65.3. The van der Waals surface area contributed by atoms with Crippen LogP contribution in [0.4, 0.5) is 0 Å². The highest BCUT2D eigenvalue weighted by Crippen LogP contribution is 2.38. The van der Waals surface area contributed by atoms with Crippen LogP contribution in [0.15, 0.2) is 134 Å². The first-order valence-electron chi connectivity index (χ1n) is 32.9. The third-order valence-electron chi connectivity index (χ3n) is 13.7. The number of phosphoric ester groups is 1. The van der Waals surface area contributed by atoms with E-state index in [2.05, 4.69) is 148 Å². The third-order valence-corrected chi connectivity index (χ3v) is 14.6. The van der Waals surface area contributed by atoms with Gasteiger partial charge in [-0.25, -0.2) is 0 Å². The number of hydrogen-bond acceptors (Lipinski definition) is 8. The van der Waals surface area contributed by atoms with Gasteiger partial charge in [-0.2, -0.15) is 0 Å². The number of ether oxygens (including phenoxy) is 2. The van der Waals surface area contributed by atoms with Gasteiger partial charge in [-0.05, 0) is 96.3 Å². The summed E-state index contributed by atoms with van der Waals surface area (Å²) in [5.74, 6) is -0.872. The summed E-state index contributed by atoms with van der Waals surface area (Å²) >= 11 is 0. The second-order valence-corrected chi connectivity index (χ2v) is 24.2. The minimum atomic E-state index is -4.66. The number of unbranched alkanes of at least 4 members (excludes halogenated alkanes) is 23. The summed E-state index contributed by atoms with van der Waals surface area (Å²) in [5, 5.41) is 0. The summed E-state index contributed by atoms with van der Waals surface area (Å²) in [6.07, 6.45) is 89.5. The normalized spacial score (nSPS) is 14.1. The fraction of sp³-hybridized carbons (Fsp3) is 0.667. The number of nitrogens with zero attached hydrogens (tertiary/aromatic N) is 1.